The van der Waals surface area contributed by atoms with Crippen molar-refractivity contribution in [2.75, 3.05) is 13.6 Å². The molecule has 1 aromatic rings. The molecule has 0 fully saturated rings. The van der Waals surface area contributed by atoms with Gasteiger partial charge >= 0.3 is 0 Å². The molecule has 1 atom stereocenters. The van der Waals surface area contributed by atoms with E-state index in [0.717, 1.165) is 5.56 Å². The molecule has 2 N–H and O–H groups in total. The number of amides is 1. The predicted molar refractivity (Wildman–Crippen MR) is 87.7 cm³/mol. The summed E-state index contributed by atoms with van der Waals surface area (Å²) in [5.74, 6) is 0.0644. The largest absolute Gasteiger partial charge is 0.354 e. The summed E-state index contributed by atoms with van der Waals surface area (Å²) < 4.78 is 0. The van der Waals surface area contributed by atoms with E-state index in [9.17, 15) is 4.79 Å². The zero-order valence-corrected chi connectivity index (χ0v) is 14.1. The Bertz CT molecular complexity index is 436. The van der Waals surface area contributed by atoms with E-state index in [0.29, 0.717) is 18.0 Å². The Kier molecular flexibility index (Phi) is 8.17. The molecule has 0 saturated heterocycles. The molecular formula is C15H24Cl2N2O. The number of likely N-dealkylation sites (N-methyl/N-ethyl adjacent to an activating group) is 1. The van der Waals surface area contributed by atoms with Crippen LogP contribution in [0.5, 0.6) is 0 Å². The molecule has 0 bridgehead atoms. The fourth-order valence-electron chi connectivity index (χ4n) is 1.82. The Morgan fingerprint density at radius 3 is 2.60 bits per heavy atom. The van der Waals surface area contributed by atoms with E-state index in [4.69, 9.17) is 11.6 Å². The number of rotatable bonds is 6. The van der Waals surface area contributed by atoms with Gasteiger partial charge in [-0.1, -0.05) is 37.6 Å². The van der Waals surface area contributed by atoms with Gasteiger partial charge in [-0.15, -0.1) is 12.4 Å². The van der Waals surface area contributed by atoms with E-state index in [1.807, 2.05) is 52.1 Å². The van der Waals surface area contributed by atoms with Crippen molar-refractivity contribution in [3.8, 4) is 0 Å². The first-order valence-electron chi connectivity index (χ1n) is 6.55. The van der Waals surface area contributed by atoms with Crippen LogP contribution in [0.1, 0.15) is 26.3 Å². The molecule has 1 rings (SSSR count). The Hall–Kier alpha value is -0.770. The summed E-state index contributed by atoms with van der Waals surface area (Å²) in [4.78, 5) is 12.2. The fourth-order valence-corrected chi connectivity index (χ4v) is 2.04. The summed E-state index contributed by atoms with van der Waals surface area (Å²) in [6.45, 7) is 6.57. The molecule has 0 radical (unpaired) electrons. The SMILES string of the molecule is CNC(C)CNC(=O)C(C)(C)Cc1cccc(Cl)c1.Cl. The third kappa shape index (κ3) is 6.12. The minimum absolute atomic E-state index is 0. The number of hydrogen-bond acceptors (Lipinski definition) is 2. The van der Waals surface area contributed by atoms with Gasteiger partial charge < -0.3 is 10.6 Å². The summed E-state index contributed by atoms with van der Waals surface area (Å²) in [7, 11) is 1.88. The van der Waals surface area contributed by atoms with Crippen molar-refractivity contribution in [3.05, 3.63) is 34.9 Å². The lowest BCUT2D eigenvalue weighted by Gasteiger charge is -2.25. The van der Waals surface area contributed by atoms with Crippen LogP contribution in [0.3, 0.4) is 0 Å². The van der Waals surface area contributed by atoms with Gasteiger partial charge in [-0.2, -0.15) is 0 Å². The molecule has 0 saturated carbocycles. The van der Waals surface area contributed by atoms with E-state index < -0.39 is 5.41 Å². The molecule has 0 heterocycles. The molecule has 3 nitrogen and oxygen atoms in total. The molecule has 114 valence electrons. The first-order chi connectivity index (χ1) is 8.85. The number of halogens is 2. The number of carbonyl (C=O) groups excluding carboxylic acids is 1. The van der Waals surface area contributed by atoms with Crippen molar-refractivity contribution in [1.82, 2.24) is 10.6 Å². The Morgan fingerprint density at radius 1 is 1.40 bits per heavy atom. The molecule has 20 heavy (non-hydrogen) atoms. The van der Waals surface area contributed by atoms with Crippen LogP contribution in [0, 0.1) is 5.41 Å². The highest BCUT2D eigenvalue weighted by atomic mass is 35.5. The fraction of sp³-hybridized carbons (Fsp3) is 0.533. The lowest BCUT2D eigenvalue weighted by molar-refractivity contribution is -0.129. The second-order valence-electron chi connectivity index (χ2n) is 5.59. The van der Waals surface area contributed by atoms with Gasteiger partial charge in [-0.3, -0.25) is 4.79 Å². The van der Waals surface area contributed by atoms with Gasteiger partial charge in [0, 0.05) is 23.0 Å². The van der Waals surface area contributed by atoms with E-state index >= 15 is 0 Å². The van der Waals surface area contributed by atoms with Gasteiger partial charge in [-0.25, -0.2) is 0 Å². The highest BCUT2D eigenvalue weighted by Gasteiger charge is 2.27. The number of carbonyl (C=O) groups is 1. The smallest absolute Gasteiger partial charge is 0.226 e. The predicted octanol–water partition coefficient (Wildman–Crippen LogP) is 3.05. The van der Waals surface area contributed by atoms with Crippen LogP contribution in [0.25, 0.3) is 0 Å². The number of hydrogen-bond donors (Lipinski definition) is 2. The van der Waals surface area contributed by atoms with Crippen LogP contribution in [0.4, 0.5) is 0 Å². The summed E-state index contributed by atoms with van der Waals surface area (Å²) in [5.41, 5.74) is 0.632. The molecule has 0 aliphatic heterocycles. The topological polar surface area (TPSA) is 41.1 Å². The van der Waals surface area contributed by atoms with Crippen molar-refractivity contribution in [2.45, 2.75) is 33.2 Å². The van der Waals surface area contributed by atoms with Crippen LogP contribution in [0.2, 0.25) is 5.02 Å². The second kappa shape index (κ2) is 8.50. The minimum atomic E-state index is -0.446. The van der Waals surface area contributed by atoms with Gasteiger partial charge in [0.25, 0.3) is 0 Å². The van der Waals surface area contributed by atoms with Crippen LogP contribution in [-0.2, 0) is 11.2 Å². The lowest BCUT2D eigenvalue weighted by Crippen LogP contribution is -2.43. The zero-order valence-electron chi connectivity index (χ0n) is 12.5. The highest BCUT2D eigenvalue weighted by molar-refractivity contribution is 6.30. The third-order valence-electron chi connectivity index (χ3n) is 3.21. The van der Waals surface area contributed by atoms with Gasteiger partial charge in [0.1, 0.15) is 0 Å². The van der Waals surface area contributed by atoms with Crippen molar-refractivity contribution in [2.24, 2.45) is 5.41 Å². The average molecular weight is 319 g/mol. The Morgan fingerprint density at radius 2 is 2.05 bits per heavy atom. The average Bonchev–Trinajstić information content (AvgIpc) is 2.34. The van der Waals surface area contributed by atoms with E-state index in [1.165, 1.54) is 0 Å². The van der Waals surface area contributed by atoms with Crippen LogP contribution in [-0.4, -0.2) is 25.5 Å². The lowest BCUT2D eigenvalue weighted by atomic mass is 9.85. The zero-order chi connectivity index (χ0) is 14.5. The normalized spacial score (nSPS) is 12.4. The summed E-state index contributed by atoms with van der Waals surface area (Å²) >= 11 is 5.97. The molecule has 0 aliphatic carbocycles. The quantitative estimate of drug-likeness (QED) is 0.846. The first-order valence-corrected chi connectivity index (χ1v) is 6.93. The molecule has 0 spiro atoms. The number of benzene rings is 1. The van der Waals surface area contributed by atoms with Crippen molar-refractivity contribution in [1.29, 1.82) is 0 Å². The Balaban J connectivity index is 0.00000361. The summed E-state index contributed by atoms with van der Waals surface area (Å²) in [6, 6.07) is 7.93. The first kappa shape index (κ1) is 19.2. The molecule has 1 unspecified atom stereocenters. The van der Waals surface area contributed by atoms with Crippen LogP contribution >= 0.6 is 24.0 Å². The Labute approximate surface area is 132 Å². The van der Waals surface area contributed by atoms with Crippen LogP contribution in [0.15, 0.2) is 24.3 Å². The minimum Gasteiger partial charge on any atom is -0.354 e. The maximum absolute atomic E-state index is 12.2. The standard InChI is InChI=1S/C15H23ClN2O.ClH/c1-11(17-4)10-18-14(19)15(2,3)9-12-6-5-7-13(16)8-12;/h5-8,11,17H,9-10H2,1-4H3,(H,18,19);1H. The summed E-state index contributed by atoms with van der Waals surface area (Å²) in [6.07, 6.45) is 0.674. The van der Waals surface area contributed by atoms with Crippen molar-refractivity contribution in [3.63, 3.8) is 0 Å². The molecule has 5 heteroatoms. The molecule has 1 amide bonds. The van der Waals surface area contributed by atoms with E-state index in [2.05, 4.69) is 10.6 Å². The highest BCUT2D eigenvalue weighted by Crippen LogP contribution is 2.23. The maximum Gasteiger partial charge on any atom is 0.226 e. The molecule has 0 aliphatic rings. The summed E-state index contributed by atoms with van der Waals surface area (Å²) in [5, 5.41) is 6.78. The van der Waals surface area contributed by atoms with E-state index in [-0.39, 0.29) is 24.4 Å². The van der Waals surface area contributed by atoms with Crippen molar-refractivity contribution < 1.29 is 4.79 Å². The number of nitrogens with one attached hydrogen (secondary N) is 2. The van der Waals surface area contributed by atoms with Crippen LogP contribution < -0.4 is 10.6 Å². The molecule has 0 aromatic heterocycles. The third-order valence-corrected chi connectivity index (χ3v) is 3.45. The monoisotopic (exact) mass is 318 g/mol. The molecular weight excluding hydrogens is 295 g/mol. The molecule has 1 aromatic carbocycles. The van der Waals surface area contributed by atoms with Crippen molar-refractivity contribution >= 4 is 29.9 Å². The van der Waals surface area contributed by atoms with Gasteiger partial charge in [0.2, 0.25) is 5.91 Å². The van der Waals surface area contributed by atoms with Gasteiger partial charge in [0.05, 0.1) is 0 Å². The van der Waals surface area contributed by atoms with Gasteiger partial charge in [-0.05, 0) is 38.1 Å². The van der Waals surface area contributed by atoms with E-state index in [1.54, 1.807) is 0 Å². The second-order valence-corrected chi connectivity index (χ2v) is 6.03. The maximum atomic E-state index is 12.2. The van der Waals surface area contributed by atoms with Gasteiger partial charge in [0.15, 0.2) is 0 Å².